The molecule has 140 valence electrons. The highest BCUT2D eigenvalue weighted by atomic mass is 127. The Morgan fingerprint density at radius 3 is 2.63 bits per heavy atom. The molecule has 1 N–H and O–H groups in total. The number of anilines is 1. The number of hydrogen-bond acceptors (Lipinski definition) is 3. The molecule has 0 unspecified atom stereocenters. The van der Waals surface area contributed by atoms with Crippen molar-refractivity contribution in [1.82, 2.24) is 0 Å². The summed E-state index contributed by atoms with van der Waals surface area (Å²) in [6, 6.07) is 18.1. The molecule has 0 atom stereocenters. The molecule has 0 aromatic heterocycles. The molecular weight excluding hydrogens is 480 g/mol. The molecule has 0 radical (unpaired) electrons. The van der Waals surface area contributed by atoms with Crippen molar-refractivity contribution in [2.45, 2.75) is 13.2 Å². The van der Waals surface area contributed by atoms with Gasteiger partial charge in [-0.15, -0.1) is 0 Å². The monoisotopic (exact) mass is 497 g/mol. The average Bonchev–Trinajstić information content (AvgIpc) is 2.66. The van der Waals surface area contributed by atoms with Gasteiger partial charge in [-0.05, 0) is 64.6 Å². The fourth-order valence-corrected chi connectivity index (χ4v) is 3.60. The summed E-state index contributed by atoms with van der Waals surface area (Å²) in [4.78, 5) is 0. The molecule has 0 heterocycles. The van der Waals surface area contributed by atoms with Crippen LogP contribution in [0.1, 0.15) is 11.1 Å². The highest BCUT2D eigenvalue weighted by Crippen LogP contribution is 2.35. The van der Waals surface area contributed by atoms with Gasteiger partial charge in [-0.2, -0.15) is 0 Å². The maximum absolute atomic E-state index is 13.8. The van der Waals surface area contributed by atoms with Crippen molar-refractivity contribution in [2.24, 2.45) is 0 Å². The predicted molar refractivity (Wildman–Crippen MR) is 115 cm³/mol. The smallest absolute Gasteiger partial charge is 0.174 e. The molecule has 0 spiro atoms. The first kappa shape index (κ1) is 19.8. The van der Waals surface area contributed by atoms with Crippen LogP contribution >= 0.6 is 34.2 Å². The molecule has 0 aliphatic rings. The Balaban J connectivity index is 1.73. The standard InChI is InChI=1S/C21H18ClFINO2/c1-26-20-10-14(12-25-17-7-4-6-16(22)11-17)9-19(24)21(20)27-13-15-5-2-3-8-18(15)23/h2-11,25H,12-13H2,1H3. The third-order valence-corrected chi connectivity index (χ3v) is 4.98. The van der Waals surface area contributed by atoms with Gasteiger partial charge in [0.15, 0.2) is 11.5 Å². The molecule has 0 aliphatic carbocycles. The molecule has 3 aromatic rings. The summed E-state index contributed by atoms with van der Waals surface area (Å²) >= 11 is 8.21. The summed E-state index contributed by atoms with van der Waals surface area (Å²) in [5, 5.41) is 4.02. The molecule has 0 aliphatic heterocycles. The lowest BCUT2D eigenvalue weighted by atomic mass is 10.2. The highest BCUT2D eigenvalue weighted by molar-refractivity contribution is 14.1. The van der Waals surface area contributed by atoms with E-state index in [0.29, 0.717) is 28.6 Å². The highest BCUT2D eigenvalue weighted by Gasteiger charge is 2.13. The van der Waals surface area contributed by atoms with Crippen LogP contribution in [0.2, 0.25) is 5.02 Å². The zero-order chi connectivity index (χ0) is 19.2. The molecular formula is C21H18ClFINO2. The number of ether oxygens (including phenoxy) is 2. The van der Waals surface area contributed by atoms with Gasteiger partial charge in [-0.3, -0.25) is 0 Å². The SMILES string of the molecule is COc1cc(CNc2cccc(Cl)c2)cc(I)c1OCc1ccccc1F. The first-order chi connectivity index (χ1) is 13.1. The van der Waals surface area contributed by atoms with Gasteiger partial charge in [-0.25, -0.2) is 4.39 Å². The van der Waals surface area contributed by atoms with E-state index in [2.05, 4.69) is 27.9 Å². The van der Waals surface area contributed by atoms with Gasteiger partial charge in [0.05, 0.1) is 10.7 Å². The minimum atomic E-state index is -0.284. The number of benzene rings is 3. The normalized spacial score (nSPS) is 10.5. The zero-order valence-corrected chi connectivity index (χ0v) is 17.6. The van der Waals surface area contributed by atoms with E-state index in [9.17, 15) is 4.39 Å². The fourth-order valence-electron chi connectivity index (χ4n) is 2.58. The van der Waals surface area contributed by atoms with E-state index in [0.717, 1.165) is 14.8 Å². The van der Waals surface area contributed by atoms with Gasteiger partial charge < -0.3 is 14.8 Å². The van der Waals surface area contributed by atoms with Gasteiger partial charge in [0.2, 0.25) is 0 Å². The summed E-state index contributed by atoms with van der Waals surface area (Å²) in [7, 11) is 1.59. The minimum absolute atomic E-state index is 0.138. The van der Waals surface area contributed by atoms with E-state index in [-0.39, 0.29) is 12.4 Å². The fraction of sp³-hybridized carbons (Fsp3) is 0.143. The van der Waals surface area contributed by atoms with Gasteiger partial charge in [0.25, 0.3) is 0 Å². The van der Waals surface area contributed by atoms with E-state index >= 15 is 0 Å². The summed E-state index contributed by atoms with van der Waals surface area (Å²) in [5.41, 5.74) is 2.48. The molecule has 3 aromatic carbocycles. The second kappa shape index (κ2) is 9.28. The molecule has 0 amide bonds. The molecule has 27 heavy (non-hydrogen) atoms. The molecule has 0 saturated carbocycles. The minimum Gasteiger partial charge on any atom is -0.493 e. The van der Waals surface area contributed by atoms with E-state index in [1.165, 1.54) is 6.07 Å². The molecule has 3 nitrogen and oxygen atoms in total. The summed E-state index contributed by atoms with van der Waals surface area (Å²) in [6.45, 7) is 0.749. The lowest BCUT2D eigenvalue weighted by molar-refractivity contribution is 0.277. The second-order valence-corrected chi connectivity index (χ2v) is 7.45. The number of methoxy groups -OCH3 is 1. The van der Waals surface area contributed by atoms with Crippen LogP contribution in [0.25, 0.3) is 0 Å². The van der Waals surface area contributed by atoms with E-state index < -0.39 is 0 Å². The lowest BCUT2D eigenvalue weighted by Crippen LogP contribution is -2.04. The Labute approximate surface area is 176 Å². The topological polar surface area (TPSA) is 30.5 Å². The van der Waals surface area contributed by atoms with Gasteiger partial charge in [-0.1, -0.05) is 35.9 Å². The lowest BCUT2D eigenvalue weighted by Gasteiger charge is -2.15. The summed E-state index contributed by atoms with van der Waals surface area (Å²) < 4.78 is 26.0. The molecule has 3 rings (SSSR count). The second-order valence-electron chi connectivity index (χ2n) is 5.85. The third kappa shape index (κ3) is 5.26. The summed E-state index contributed by atoms with van der Waals surface area (Å²) in [5.74, 6) is 0.933. The number of hydrogen-bond donors (Lipinski definition) is 1. The van der Waals surface area contributed by atoms with E-state index in [1.54, 1.807) is 25.3 Å². The van der Waals surface area contributed by atoms with Crippen LogP contribution in [0.4, 0.5) is 10.1 Å². The number of halogens is 3. The maximum atomic E-state index is 13.8. The Morgan fingerprint density at radius 2 is 1.89 bits per heavy atom. The maximum Gasteiger partial charge on any atom is 0.174 e. The average molecular weight is 498 g/mol. The van der Waals surface area contributed by atoms with Crippen molar-refractivity contribution in [2.75, 3.05) is 12.4 Å². The number of rotatable bonds is 7. The van der Waals surface area contributed by atoms with Gasteiger partial charge in [0, 0.05) is 22.8 Å². The van der Waals surface area contributed by atoms with Crippen molar-refractivity contribution in [3.05, 3.63) is 86.2 Å². The van der Waals surface area contributed by atoms with Crippen LogP contribution in [-0.4, -0.2) is 7.11 Å². The van der Waals surface area contributed by atoms with Crippen LogP contribution < -0.4 is 14.8 Å². The quantitative estimate of drug-likeness (QED) is 0.390. The third-order valence-electron chi connectivity index (χ3n) is 3.94. The Morgan fingerprint density at radius 1 is 1.07 bits per heavy atom. The first-order valence-corrected chi connectivity index (χ1v) is 9.74. The van der Waals surface area contributed by atoms with Crippen LogP contribution in [0.3, 0.4) is 0 Å². The molecule has 0 saturated heterocycles. The first-order valence-electron chi connectivity index (χ1n) is 8.29. The van der Waals surface area contributed by atoms with Crippen molar-refractivity contribution in [3.63, 3.8) is 0 Å². The van der Waals surface area contributed by atoms with Crippen LogP contribution in [0, 0.1) is 9.39 Å². The molecule has 0 bridgehead atoms. The number of nitrogens with one attached hydrogen (secondary N) is 1. The van der Waals surface area contributed by atoms with Crippen molar-refractivity contribution in [1.29, 1.82) is 0 Å². The van der Waals surface area contributed by atoms with Crippen LogP contribution in [0.5, 0.6) is 11.5 Å². The van der Waals surface area contributed by atoms with Crippen LogP contribution in [-0.2, 0) is 13.2 Å². The van der Waals surface area contributed by atoms with Crippen LogP contribution in [0.15, 0.2) is 60.7 Å². The van der Waals surface area contributed by atoms with Gasteiger partial charge >= 0.3 is 0 Å². The zero-order valence-electron chi connectivity index (χ0n) is 14.6. The van der Waals surface area contributed by atoms with Crippen molar-refractivity contribution < 1.29 is 13.9 Å². The molecule has 6 heteroatoms. The van der Waals surface area contributed by atoms with Gasteiger partial charge in [0.1, 0.15) is 12.4 Å². The van der Waals surface area contributed by atoms with E-state index in [4.69, 9.17) is 21.1 Å². The van der Waals surface area contributed by atoms with Crippen molar-refractivity contribution >= 4 is 39.9 Å². The van der Waals surface area contributed by atoms with Crippen molar-refractivity contribution in [3.8, 4) is 11.5 Å². The van der Waals surface area contributed by atoms with E-state index in [1.807, 2.05) is 36.4 Å². The Hall–Kier alpha value is -1.99. The predicted octanol–water partition coefficient (Wildman–Crippen LogP) is 6.28. The largest absolute Gasteiger partial charge is 0.493 e. The Kier molecular flexibility index (Phi) is 6.79. The Bertz CT molecular complexity index is 936. The summed E-state index contributed by atoms with van der Waals surface area (Å²) in [6.07, 6.45) is 0. The molecule has 0 fully saturated rings.